The second-order valence-corrected chi connectivity index (χ2v) is 10.3. The van der Waals surface area contributed by atoms with Crippen LogP contribution in [-0.2, 0) is 22.5 Å². The van der Waals surface area contributed by atoms with Crippen molar-refractivity contribution in [1.29, 1.82) is 0 Å². The number of carboxylic acids is 1. The first-order chi connectivity index (χ1) is 21.8. The van der Waals surface area contributed by atoms with Gasteiger partial charge in [0.2, 0.25) is 0 Å². The fourth-order valence-corrected chi connectivity index (χ4v) is 4.84. The number of carbonyl (C=O) groups is 4. The Morgan fingerprint density at radius 3 is 1.51 bits per heavy atom. The quantitative estimate of drug-likeness (QED) is 0.155. The summed E-state index contributed by atoms with van der Waals surface area (Å²) in [4.78, 5) is 48.3. The third kappa shape index (κ3) is 7.69. The number of carboxylic acid groups (broad SMARTS) is 1. The highest BCUT2D eigenvalue weighted by Crippen LogP contribution is 2.24. The standard InChI is InChI=1S/C37H30N2O6/c1-45-37(44)30-16-10-26(11-17-30)24-8-14-29(15-9-24)36(43)39-33-20-18-27(19-21-33)25-6-12-28(13-7-25)35(42)38-23-32-5-3-2-4-31(32)22-34(40)41/h2-21H,22-23H2,1H3,(H,38,42)(H,39,43)(H,40,41). The van der Waals surface area contributed by atoms with Gasteiger partial charge in [0.15, 0.2) is 0 Å². The normalized spacial score (nSPS) is 10.5. The molecule has 3 N–H and O–H groups in total. The maximum Gasteiger partial charge on any atom is 0.337 e. The molecule has 0 spiro atoms. The van der Waals surface area contributed by atoms with Crippen LogP contribution in [0.1, 0.15) is 42.2 Å². The molecular formula is C37H30N2O6. The van der Waals surface area contributed by atoms with Crippen molar-refractivity contribution in [3.8, 4) is 22.3 Å². The summed E-state index contributed by atoms with van der Waals surface area (Å²) in [6, 6.07) is 36.0. The minimum atomic E-state index is -0.923. The molecule has 0 aromatic heterocycles. The number of anilines is 1. The summed E-state index contributed by atoms with van der Waals surface area (Å²) in [6.45, 7) is 0.230. The number of hydrogen-bond acceptors (Lipinski definition) is 5. The maximum absolute atomic E-state index is 12.9. The van der Waals surface area contributed by atoms with E-state index in [0.717, 1.165) is 27.8 Å². The first kappa shape index (κ1) is 30.4. The third-order valence-electron chi connectivity index (χ3n) is 7.31. The van der Waals surface area contributed by atoms with E-state index in [0.29, 0.717) is 27.9 Å². The molecule has 5 rings (SSSR count). The van der Waals surface area contributed by atoms with Crippen LogP contribution in [0, 0.1) is 0 Å². The van der Waals surface area contributed by atoms with E-state index in [1.54, 1.807) is 54.6 Å². The topological polar surface area (TPSA) is 122 Å². The van der Waals surface area contributed by atoms with E-state index in [1.807, 2.05) is 66.7 Å². The number of esters is 1. The Labute approximate surface area is 260 Å². The zero-order valence-corrected chi connectivity index (χ0v) is 24.4. The lowest BCUT2D eigenvalue weighted by Crippen LogP contribution is -2.23. The summed E-state index contributed by atoms with van der Waals surface area (Å²) >= 11 is 0. The van der Waals surface area contributed by atoms with Crippen molar-refractivity contribution in [3.05, 3.63) is 149 Å². The maximum atomic E-state index is 12.9. The molecule has 2 amide bonds. The van der Waals surface area contributed by atoms with Gasteiger partial charge in [0.05, 0.1) is 19.1 Å². The number of hydrogen-bond donors (Lipinski definition) is 3. The summed E-state index contributed by atoms with van der Waals surface area (Å²) in [5.74, 6) is -1.81. The first-order valence-electron chi connectivity index (χ1n) is 14.2. The van der Waals surface area contributed by atoms with Crippen molar-refractivity contribution in [2.24, 2.45) is 0 Å². The third-order valence-corrected chi connectivity index (χ3v) is 7.31. The monoisotopic (exact) mass is 598 g/mol. The van der Waals surface area contributed by atoms with E-state index < -0.39 is 11.9 Å². The van der Waals surface area contributed by atoms with Gasteiger partial charge in [0, 0.05) is 23.4 Å². The molecule has 0 atom stereocenters. The Morgan fingerprint density at radius 1 is 0.578 bits per heavy atom. The van der Waals surface area contributed by atoms with Crippen molar-refractivity contribution in [2.75, 3.05) is 12.4 Å². The van der Waals surface area contributed by atoms with Gasteiger partial charge in [0.1, 0.15) is 0 Å². The van der Waals surface area contributed by atoms with E-state index in [1.165, 1.54) is 7.11 Å². The van der Waals surface area contributed by atoms with Gasteiger partial charge < -0.3 is 20.5 Å². The highest BCUT2D eigenvalue weighted by molar-refractivity contribution is 6.04. The Kier molecular flexibility index (Phi) is 9.45. The van der Waals surface area contributed by atoms with Crippen LogP contribution < -0.4 is 10.6 Å². The van der Waals surface area contributed by atoms with Crippen molar-refractivity contribution in [1.82, 2.24) is 5.32 Å². The number of amides is 2. The van der Waals surface area contributed by atoms with Crippen LogP contribution in [0.15, 0.2) is 121 Å². The molecule has 0 saturated carbocycles. The molecule has 0 aliphatic rings. The molecule has 0 saturated heterocycles. The van der Waals surface area contributed by atoms with Gasteiger partial charge in [-0.3, -0.25) is 14.4 Å². The molecule has 45 heavy (non-hydrogen) atoms. The lowest BCUT2D eigenvalue weighted by atomic mass is 10.0. The summed E-state index contributed by atoms with van der Waals surface area (Å²) in [7, 11) is 1.34. The van der Waals surface area contributed by atoms with Crippen LogP contribution >= 0.6 is 0 Å². The number of carbonyl (C=O) groups excluding carboxylic acids is 3. The zero-order valence-electron chi connectivity index (χ0n) is 24.4. The Bertz CT molecular complexity index is 1830. The molecule has 0 aliphatic heterocycles. The van der Waals surface area contributed by atoms with Gasteiger partial charge in [-0.1, -0.05) is 72.8 Å². The van der Waals surface area contributed by atoms with Gasteiger partial charge in [-0.15, -0.1) is 0 Å². The first-order valence-corrected chi connectivity index (χ1v) is 14.2. The highest BCUT2D eigenvalue weighted by atomic mass is 16.5. The van der Waals surface area contributed by atoms with E-state index in [9.17, 15) is 19.2 Å². The molecule has 0 aliphatic carbocycles. The Balaban J connectivity index is 1.16. The molecule has 5 aromatic rings. The van der Waals surface area contributed by atoms with Crippen LogP contribution in [0.25, 0.3) is 22.3 Å². The lowest BCUT2D eigenvalue weighted by Gasteiger charge is -2.10. The molecule has 8 heteroatoms. The molecular weight excluding hydrogens is 568 g/mol. The highest BCUT2D eigenvalue weighted by Gasteiger charge is 2.11. The van der Waals surface area contributed by atoms with Crippen LogP contribution in [0.2, 0.25) is 0 Å². The number of aliphatic carboxylic acids is 1. The number of ether oxygens (including phenoxy) is 1. The van der Waals surface area contributed by atoms with Crippen molar-refractivity contribution in [2.45, 2.75) is 13.0 Å². The second kappa shape index (κ2) is 14.0. The van der Waals surface area contributed by atoms with Gasteiger partial charge in [-0.05, 0) is 81.9 Å². The number of nitrogens with one attached hydrogen (secondary N) is 2. The van der Waals surface area contributed by atoms with Gasteiger partial charge in [-0.25, -0.2) is 4.79 Å². The number of rotatable bonds is 10. The summed E-state index contributed by atoms with van der Waals surface area (Å²) < 4.78 is 4.73. The van der Waals surface area contributed by atoms with Crippen LogP contribution in [0.4, 0.5) is 5.69 Å². The molecule has 0 heterocycles. The second-order valence-electron chi connectivity index (χ2n) is 10.3. The molecule has 0 bridgehead atoms. The predicted octanol–water partition coefficient (Wildman–Crippen LogP) is 6.62. The average molecular weight is 599 g/mol. The molecule has 5 aromatic carbocycles. The minimum Gasteiger partial charge on any atom is -0.481 e. The zero-order chi connectivity index (χ0) is 31.8. The number of methoxy groups -OCH3 is 1. The summed E-state index contributed by atoms with van der Waals surface area (Å²) in [6.07, 6.45) is -0.104. The van der Waals surface area contributed by atoms with Gasteiger partial charge in [0.25, 0.3) is 11.8 Å². The van der Waals surface area contributed by atoms with Crippen molar-refractivity contribution >= 4 is 29.4 Å². The van der Waals surface area contributed by atoms with Crippen LogP contribution in [0.5, 0.6) is 0 Å². The van der Waals surface area contributed by atoms with E-state index in [4.69, 9.17) is 9.84 Å². The predicted molar refractivity (Wildman–Crippen MR) is 172 cm³/mol. The Hall–Kier alpha value is -6.02. The lowest BCUT2D eigenvalue weighted by molar-refractivity contribution is -0.136. The van der Waals surface area contributed by atoms with Gasteiger partial charge >= 0.3 is 11.9 Å². The van der Waals surface area contributed by atoms with E-state index in [-0.39, 0.29) is 24.8 Å². The smallest absolute Gasteiger partial charge is 0.337 e. The molecule has 0 fully saturated rings. The van der Waals surface area contributed by atoms with E-state index in [2.05, 4.69) is 10.6 Å². The molecule has 224 valence electrons. The van der Waals surface area contributed by atoms with Crippen LogP contribution in [0.3, 0.4) is 0 Å². The van der Waals surface area contributed by atoms with Crippen molar-refractivity contribution < 1.29 is 29.0 Å². The molecule has 0 radical (unpaired) electrons. The Morgan fingerprint density at radius 2 is 1.02 bits per heavy atom. The summed E-state index contributed by atoms with van der Waals surface area (Å²) in [5.41, 5.74) is 7.20. The minimum absolute atomic E-state index is 0.104. The van der Waals surface area contributed by atoms with Crippen molar-refractivity contribution in [3.63, 3.8) is 0 Å². The fraction of sp³-hybridized carbons (Fsp3) is 0.0811. The average Bonchev–Trinajstić information content (AvgIpc) is 3.07. The molecule has 0 unspecified atom stereocenters. The van der Waals surface area contributed by atoms with E-state index >= 15 is 0 Å². The van der Waals surface area contributed by atoms with Crippen LogP contribution in [-0.4, -0.2) is 36.0 Å². The fourth-order valence-electron chi connectivity index (χ4n) is 4.84. The van der Waals surface area contributed by atoms with Gasteiger partial charge in [-0.2, -0.15) is 0 Å². The number of benzene rings is 5. The molecule has 8 nitrogen and oxygen atoms in total. The largest absolute Gasteiger partial charge is 0.481 e. The SMILES string of the molecule is COC(=O)c1ccc(-c2ccc(C(=O)Nc3ccc(-c4ccc(C(=O)NCc5ccccc5CC(=O)O)cc4)cc3)cc2)cc1. The summed E-state index contributed by atoms with van der Waals surface area (Å²) in [5, 5.41) is 14.9.